The molecule has 0 spiro atoms. The zero-order chi connectivity index (χ0) is 19.3. The van der Waals surface area contributed by atoms with Crippen molar-refractivity contribution in [3.05, 3.63) is 28.3 Å². The fourth-order valence-electron chi connectivity index (χ4n) is 2.79. The van der Waals surface area contributed by atoms with E-state index in [-0.39, 0.29) is 28.2 Å². The largest absolute Gasteiger partial charge is 0.379 e. The van der Waals surface area contributed by atoms with Crippen LogP contribution in [-0.2, 0) is 14.8 Å². The average molecular weight is 384 g/mol. The Hall–Kier alpha value is -2.20. The smallest absolute Gasteiger partial charge is 0.293 e. The maximum atomic E-state index is 12.2. The topological polar surface area (TPSA) is 122 Å². The fourth-order valence-corrected chi connectivity index (χ4v) is 4.06. The third kappa shape index (κ3) is 5.15. The minimum absolute atomic E-state index is 0.142. The quantitative estimate of drug-likeness (QED) is 0.380. The van der Waals surface area contributed by atoms with Gasteiger partial charge in [0.2, 0.25) is 15.9 Å². The molecule has 0 aliphatic carbocycles. The Balaban J connectivity index is 2.04. The van der Waals surface area contributed by atoms with Gasteiger partial charge >= 0.3 is 0 Å². The van der Waals surface area contributed by atoms with Crippen LogP contribution >= 0.6 is 0 Å². The maximum absolute atomic E-state index is 12.2. The molecule has 1 heterocycles. The second-order valence-corrected chi connectivity index (χ2v) is 8.19. The second-order valence-electron chi connectivity index (χ2n) is 6.48. The van der Waals surface area contributed by atoms with Crippen molar-refractivity contribution < 1.29 is 18.1 Å². The van der Waals surface area contributed by atoms with Gasteiger partial charge < -0.3 is 10.2 Å². The molecule has 144 valence electrons. The number of anilines is 1. The normalized spacial score (nSPS) is 14.9. The van der Waals surface area contributed by atoms with Crippen LogP contribution in [0.3, 0.4) is 0 Å². The molecule has 0 aromatic heterocycles. The summed E-state index contributed by atoms with van der Waals surface area (Å²) in [6.07, 6.45) is 2.11. The molecule has 1 aliphatic rings. The molecule has 1 aliphatic heterocycles. The zero-order valence-corrected chi connectivity index (χ0v) is 15.7. The van der Waals surface area contributed by atoms with Crippen molar-refractivity contribution in [3.63, 3.8) is 0 Å². The standard InChI is InChI=1S/C16H24N4O5S/c1-12(2)18-26(24,25)13-6-7-14(15(11-13)20(22)23)17-8-4-10-19-9-3-5-16(19)21/h6-7,11-12,17-18H,3-5,8-10H2,1-2H3. The van der Waals surface area contributed by atoms with Crippen LogP contribution in [0.25, 0.3) is 0 Å². The first-order chi connectivity index (χ1) is 12.2. The van der Waals surface area contributed by atoms with E-state index < -0.39 is 14.9 Å². The molecule has 0 radical (unpaired) electrons. The molecule has 1 amide bonds. The van der Waals surface area contributed by atoms with E-state index in [4.69, 9.17) is 0 Å². The molecular weight excluding hydrogens is 360 g/mol. The van der Waals surface area contributed by atoms with Gasteiger partial charge in [-0.25, -0.2) is 13.1 Å². The summed E-state index contributed by atoms with van der Waals surface area (Å²) in [5.74, 6) is 0.142. The van der Waals surface area contributed by atoms with Crippen LogP contribution in [0.2, 0.25) is 0 Å². The lowest BCUT2D eigenvalue weighted by Crippen LogP contribution is -2.30. The monoisotopic (exact) mass is 384 g/mol. The summed E-state index contributed by atoms with van der Waals surface area (Å²) >= 11 is 0. The van der Waals surface area contributed by atoms with Gasteiger partial charge in [0.25, 0.3) is 5.69 Å². The summed E-state index contributed by atoms with van der Waals surface area (Å²) in [6.45, 7) is 5.15. The number of amides is 1. The van der Waals surface area contributed by atoms with Gasteiger partial charge in [-0.3, -0.25) is 14.9 Å². The molecule has 1 saturated heterocycles. The fraction of sp³-hybridized carbons (Fsp3) is 0.562. The molecule has 1 fully saturated rings. The average Bonchev–Trinajstić information content (AvgIpc) is 2.95. The van der Waals surface area contributed by atoms with Crippen molar-refractivity contribution in [2.45, 2.75) is 44.0 Å². The first kappa shape index (κ1) is 20.1. The van der Waals surface area contributed by atoms with Crippen molar-refractivity contribution in [1.82, 2.24) is 9.62 Å². The molecule has 0 bridgehead atoms. The molecular formula is C16H24N4O5S. The molecule has 2 rings (SSSR count). The van der Waals surface area contributed by atoms with Gasteiger partial charge in [0.1, 0.15) is 5.69 Å². The summed E-state index contributed by atoms with van der Waals surface area (Å²) in [6, 6.07) is 3.47. The van der Waals surface area contributed by atoms with Crippen molar-refractivity contribution >= 4 is 27.3 Å². The number of carbonyl (C=O) groups excluding carboxylic acids is 1. The Kier molecular flexibility index (Phi) is 6.54. The maximum Gasteiger partial charge on any atom is 0.293 e. The number of likely N-dealkylation sites (tertiary alicyclic amines) is 1. The van der Waals surface area contributed by atoms with Crippen molar-refractivity contribution in [3.8, 4) is 0 Å². The molecule has 9 nitrogen and oxygen atoms in total. The number of nitrogens with one attached hydrogen (secondary N) is 2. The van der Waals surface area contributed by atoms with E-state index in [0.29, 0.717) is 25.9 Å². The summed E-state index contributed by atoms with van der Waals surface area (Å²) in [4.78, 5) is 23.9. The van der Waals surface area contributed by atoms with Crippen LogP contribution in [0, 0.1) is 10.1 Å². The third-order valence-corrected chi connectivity index (χ3v) is 5.61. The molecule has 10 heteroatoms. The van der Waals surface area contributed by atoms with Crippen molar-refractivity contribution in [2.24, 2.45) is 0 Å². The number of sulfonamides is 1. The number of nitrogens with zero attached hydrogens (tertiary/aromatic N) is 2. The van der Waals surface area contributed by atoms with E-state index in [2.05, 4.69) is 10.0 Å². The zero-order valence-electron chi connectivity index (χ0n) is 14.9. The van der Waals surface area contributed by atoms with E-state index in [9.17, 15) is 23.3 Å². The van der Waals surface area contributed by atoms with Gasteiger partial charge in [-0.05, 0) is 38.8 Å². The van der Waals surface area contributed by atoms with E-state index in [1.165, 1.54) is 12.1 Å². The lowest BCUT2D eigenvalue weighted by Gasteiger charge is -2.16. The minimum Gasteiger partial charge on any atom is -0.379 e. The number of rotatable bonds is 9. The molecule has 2 N–H and O–H groups in total. The van der Waals surface area contributed by atoms with E-state index in [1.54, 1.807) is 18.7 Å². The highest BCUT2D eigenvalue weighted by Gasteiger charge is 2.22. The van der Waals surface area contributed by atoms with Gasteiger partial charge in [0, 0.05) is 38.2 Å². The molecule has 1 aromatic rings. The van der Waals surface area contributed by atoms with Gasteiger partial charge in [-0.15, -0.1) is 0 Å². The number of hydrogen-bond acceptors (Lipinski definition) is 6. The number of nitro benzene ring substituents is 1. The Morgan fingerprint density at radius 1 is 1.35 bits per heavy atom. The molecule has 26 heavy (non-hydrogen) atoms. The van der Waals surface area contributed by atoms with Crippen LogP contribution < -0.4 is 10.0 Å². The van der Waals surface area contributed by atoms with E-state index in [0.717, 1.165) is 19.0 Å². The summed E-state index contributed by atoms with van der Waals surface area (Å²) < 4.78 is 26.8. The lowest BCUT2D eigenvalue weighted by atomic mass is 10.2. The van der Waals surface area contributed by atoms with Crippen LogP contribution in [0.4, 0.5) is 11.4 Å². The van der Waals surface area contributed by atoms with Crippen LogP contribution in [0.15, 0.2) is 23.1 Å². The Labute approximate surface area is 153 Å². The minimum atomic E-state index is -3.80. The van der Waals surface area contributed by atoms with Crippen LogP contribution in [0.5, 0.6) is 0 Å². The van der Waals surface area contributed by atoms with Gasteiger partial charge in [0.15, 0.2) is 0 Å². The number of carbonyl (C=O) groups is 1. The van der Waals surface area contributed by atoms with E-state index >= 15 is 0 Å². The van der Waals surface area contributed by atoms with Crippen LogP contribution in [0.1, 0.15) is 33.1 Å². The summed E-state index contributed by atoms with van der Waals surface area (Å²) in [7, 11) is -3.80. The first-order valence-electron chi connectivity index (χ1n) is 8.53. The van der Waals surface area contributed by atoms with Gasteiger partial charge in [-0.1, -0.05) is 0 Å². The SMILES string of the molecule is CC(C)NS(=O)(=O)c1ccc(NCCCN2CCCC2=O)c([N+](=O)[O-])c1. The second kappa shape index (κ2) is 8.45. The predicted molar refractivity (Wildman–Crippen MR) is 97.5 cm³/mol. The van der Waals surface area contributed by atoms with E-state index in [1.807, 2.05) is 0 Å². The highest BCUT2D eigenvalue weighted by Crippen LogP contribution is 2.27. The Bertz CT molecular complexity index is 779. The first-order valence-corrected chi connectivity index (χ1v) is 10.0. The predicted octanol–water partition coefficient (Wildman–Crippen LogP) is 1.71. The third-order valence-electron chi connectivity index (χ3n) is 3.96. The van der Waals surface area contributed by atoms with Gasteiger partial charge in [-0.2, -0.15) is 0 Å². The Morgan fingerprint density at radius 2 is 2.08 bits per heavy atom. The highest BCUT2D eigenvalue weighted by molar-refractivity contribution is 7.89. The number of nitro groups is 1. The number of hydrogen-bond donors (Lipinski definition) is 2. The molecule has 0 saturated carbocycles. The lowest BCUT2D eigenvalue weighted by molar-refractivity contribution is -0.384. The Morgan fingerprint density at radius 3 is 2.65 bits per heavy atom. The molecule has 0 unspecified atom stereocenters. The van der Waals surface area contributed by atoms with Crippen molar-refractivity contribution in [2.75, 3.05) is 25.0 Å². The van der Waals surface area contributed by atoms with Gasteiger partial charge in [0.05, 0.1) is 9.82 Å². The molecule has 1 aromatic carbocycles. The molecule has 0 atom stereocenters. The van der Waals surface area contributed by atoms with Crippen molar-refractivity contribution in [1.29, 1.82) is 0 Å². The summed E-state index contributed by atoms with van der Waals surface area (Å²) in [5.41, 5.74) is -0.0416. The summed E-state index contributed by atoms with van der Waals surface area (Å²) in [5, 5.41) is 14.3. The van der Waals surface area contributed by atoms with Crippen LogP contribution in [-0.4, -0.2) is 49.8 Å². The number of benzene rings is 1. The highest BCUT2D eigenvalue weighted by atomic mass is 32.2.